The molecule has 0 radical (unpaired) electrons. The lowest BCUT2D eigenvalue weighted by molar-refractivity contribution is 0.261. The number of hydrogen-bond donors (Lipinski definition) is 0. The van der Waals surface area contributed by atoms with Crippen LogP contribution in [0.3, 0.4) is 0 Å². The molecule has 0 bridgehead atoms. The maximum absolute atomic E-state index is 6.09. The lowest BCUT2D eigenvalue weighted by Crippen LogP contribution is -2.19. The van der Waals surface area contributed by atoms with Crippen LogP contribution < -0.4 is 4.74 Å². The molecule has 0 atom stereocenters. The van der Waals surface area contributed by atoms with E-state index in [9.17, 15) is 0 Å². The normalized spacial score (nSPS) is 11.0. The summed E-state index contributed by atoms with van der Waals surface area (Å²) < 4.78 is 11.3. The summed E-state index contributed by atoms with van der Waals surface area (Å²) in [6, 6.07) is 15.1. The third kappa shape index (κ3) is 3.93. The Bertz CT molecular complexity index is 803. The highest BCUT2D eigenvalue weighted by molar-refractivity contribution is 6.30. The molecule has 124 valence electrons. The summed E-state index contributed by atoms with van der Waals surface area (Å²) in [6.07, 6.45) is 0. The summed E-state index contributed by atoms with van der Waals surface area (Å²) in [5, 5.41) is 4.65. The van der Waals surface area contributed by atoms with E-state index in [-0.39, 0.29) is 0 Å². The van der Waals surface area contributed by atoms with Crippen molar-refractivity contribution in [1.29, 1.82) is 0 Å². The molecule has 0 fully saturated rings. The van der Waals surface area contributed by atoms with Crippen LogP contribution >= 0.6 is 11.6 Å². The molecule has 1 aromatic heterocycles. The Kier molecular flexibility index (Phi) is 5.13. The molecule has 5 nitrogen and oxygen atoms in total. The lowest BCUT2D eigenvalue weighted by Gasteiger charge is -2.12. The van der Waals surface area contributed by atoms with Crippen molar-refractivity contribution in [2.24, 2.45) is 0 Å². The molecule has 0 aliphatic heterocycles. The van der Waals surface area contributed by atoms with Crippen LogP contribution in [0.15, 0.2) is 53.1 Å². The molecule has 0 unspecified atom stereocenters. The van der Waals surface area contributed by atoms with Crippen LogP contribution in [-0.4, -0.2) is 42.3 Å². The number of aromatic nitrogens is 2. The van der Waals surface area contributed by atoms with Gasteiger partial charge < -0.3 is 14.2 Å². The third-order valence-electron chi connectivity index (χ3n) is 3.43. The first-order valence-corrected chi connectivity index (χ1v) is 7.98. The number of rotatable bonds is 6. The van der Waals surface area contributed by atoms with Crippen molar-refractivity contribution in [2.75, 3.05) is 27.2 Å². The highest BCUT2D eigenvalue weighted by Crippen LogP contribution is 2.32. The van der Waals surface area contributed by atoms with Gasteiger partial charge in [0.05, 0.1) is 5.56 Å². The van der Waals surface area contributed by atoms with Gasteiger partial charge in [0, 0.05) is 17.1 Å². The van der Waals surface area contributed by atoms with Gasteiger partial charge in [-0.2, -0.15) is 4.98 Å². The first-order chi connectivity index (χ1) is 11.6. The molecular weight excluding hydrogens is 326 g/mol. The van der Waals surface area contributed by atoms with Gasteiger partial charge in [0.25, 0.3) is 5.89 Å². The van der Waals surface area contributed by atoms with Crippen LogP contribution in [0.4, 0.5) is 0 Å². The molecule has 24 heavy (non-hydrogen) atoms. The van der Waals surface area contributed by atoms with E-state index in [1.807, 2.05) is 55.4 Å². The smallest absolute Gasteiger partial charge is 0.262 e. The van der Waals surface area contributed by atoms with Crippen LogP contribution in [0.5, 0.6) is 5.75 Å². The Morgan fingerprint density at radius 3 is 2.67 bits per heavy atom. The summed E-state index contributed by atoms with van der Waals surface area (Å²) in [6.45, 7) is 1.34. The third-order valence-corrected chi connectivity index (χ3v) is 3.66. The molecule has 6 heteroatoms. The number of nitrogens with zero attached hydrogens (tertiary/aromatic N) is 3. The maximum atomic E-state index is 6.09. The zero-order valence-electron chi connectivity index (χ0n) is 13.6. The highest BCUT2D eigenvalue weighted by Gasteiger charge is 2.15. The van der Waals surface area contributed by atoms with E-state index in [0.717, 1.165) is 17.7 Å². The highest BCUT2D eigenvalue weighted by atomic mass is 35.5. The van der Waals surface area contributed by atoms with Crippen molar-refractivity contribution in [3.63, 3.8) is 0 Å². The minimum absolute atomic E-state index is 0.408. The zero-order chi connectivity index (χ0) is 16.9. The molecule has 0 N–H and O–H groups in total. The molecule has 1 heterocycles. The van der Waals surface area contributed by atoms with Crippen molar-refractivity contribution in [3.05, 3.63) is 53.6 Å². The fraction of sp³-hybridized carbons (Fsp3) is 0.222. The number of halogens is 1. The Hall–Kier alpha value is -2.37. The SMILES string of the molecule is CN(C)CCOc1cc(Cl)ccc1-c1nc(-c2ccccc2)no1. The van der Waals surface area contributed by atoms with Crippen LogP contribution in [0.25, 0.3) is 22.8 Å². The predicted octanol–water partition coefficient (Wildman–Crippen LogP) is 4.00. The quantitative estimate of drug-likeness (QED) is 0.677. The van der Waals surface area contributed by atoms with Crippen molar-refractivity contribution in [3.8, 4) is 28.6 Å². The van der Waals surface area contributed by atoms with Crippen LogP contribution in [0, 0.1) is 0 Å². The van der Waals surface area contributed by atoms with Gasteiger partial charge in [-0.05, 0) is 32.3 Å². The number of benzene rings is 2. The zero-order valence-corrected chi connectivity index (χ0v) is 14.3. The minimum Gasteiger partial charge on any atom is -0.491 e. The summed E-state index contributed by atoms with van der Waals surface area (Å²) >= 11 is 6.09. The molecule has 0 amide bonds. The standard InChI is InChI=1S/C18H18ClN3O2/c1-22(2)10-11-23-16-12-14(19)8-9-15(16)18-20-17(21-24-18)13-6-4-3-5-7-13/h3-9,12H,10-11H2,1-2H3. The van der Waals surface area contributed by atoms with Gasteiger partial charge >= 0.3 is 0 Å². The van der Waals surface area contributed by atoms with Gasteiger partial charge in [-0.3, -0.25) is 0 Å². The number of hydrogen-bond acceptors (Lipinski definition) is 5. The first-order valence-electron chi connectivity index (χ1n) is 7.60. The molecule has 0 spiro atoms. The van der Waals surface area contributed by atoms with Crippen molar-refractivity contribution < 1.29 is 9.26 Å². The van der Waals surface area contributed by atoms with Gasteiger partial charge in [0.15, 0.2) is 0 Å². The van der Waals surface area contributed by atoms with E-state index in [4.69, 9.17) is 20.9 Å². The molecule has 0 aliphatic rings. The van der Waals surface area contributed by atoms with Crippen LogP contribution in [0.2, 0.25) is 5.02 Å². The van der Waals surface area contributed by atoms with Crippen molar-refractivity contribution in [2.45, 2.75) is 0 Å². The summed E-state index contributed by atoms with van der Waals surface area (Å²) in [5.74, 6) is 1.58. The molecule has 0 saturated heterocycles. The topological polar surface area (TPSA) is 51.4 Å². The van der Waals surface area contributed by atoms with Gasteiger partial charge in [-0.15, -0.1) is 0 Å². The van der Waals surface area contributed by atoms with Gasteiger partial charge in [-0.1, -0.05) is 47.1 Å². The Balaban J connectivity index is 1.87. The largest absolute Gasteiger partial charge is 0.491 e. The lowest BCUT2D eigenvalue weighted by atomic mass is 10.2. The van der Waals surface area contributed by atoms with E-state index in [2.05, 4.69) is 10.1 Å². The van der Waals surface area contributed by atoms with Gasteiger partial charge in [0.2, 0.25) is 5.82 Å². The Morgan fingerprint density at radius 2 is 1.92 bits per heavy atom. The fourth-order valence-corrected chi connectivity index (χ4v) is 2.33. The Labute approximate surface area is 145 Å². The van der Waals surface area contributed by atoms with E-state index in [1.54, 1.807) is 12.1 Å². The summed E-state index contributed by atoms with van der Waals surface area (Å²) in [5.41, 5.74) is 1.63. The second-order valence-corrected chi connectivity index (χ2v) is 6.02. The van der Waals surface area contributed by atoms with Crippen molar-refractivity contribution >= 4 is 11.6 Å². The average Bonchev–Trinajstić information content (AvgIpc) is 3.05. The van der Waals surface area contributed by atoms with Crippen LogP contribution in [0.1, 0.15) is 0 Å². The van der Waals surface area contributed by atoms with E-state index in [1.165, 1.54) is 0 Å². The molecule has 0 saturated carbocycles. The predicted molar refractivity (Wildman–Crippen MR) is 94.2 cm³/mol. The van der Waals surface area contributed by atoms with E-state index in [0.29, 0.717) is 29.1 Å². The summed E-state index contributed by atoms with van der Waals surface area (Å²) in [4.78, 5) is 6.52. The number of likely N-dealkylation sites (N-methyl/N-ethyl adjacent to an activating group) is 1. The van der Waals surface area contributed by atoms with Crippen molar-refractivity contribution in [1.82, 2.24) is 15.0 Å². The van der Waals surface area contributed by atoms with Gasteiger partial charge in [0.1, 0.15) is 12.4 Å². The Morgan fingerprint density at radius 1 is 1.12 bits per heavy atom. The van der Waals surface area contributed by atoms with Crippen LogP contribution in [-0.2, 0) is 0 Å². The number of ether oxygens (including phenoxy) is 1. The molecule has 0 aliphatic carbocycles. The molecule has 2 aromatic carbocycles. The second-order valence-electron chi connectivity index (χ2n) is 5.58. The maximum Gasteiger partial charge on any atom is 0.262 e. The second kappa shape index (κ2) is 7.47. The van der Waals surface area contributed by atoms with E-state index >= 15 is 0 Å². The molecule has 3 aromatic rings. The minimum atomic E-state index is 0.408. The molecule has 3 rings (SSSR count). The summed E-state index contributed by atoms with van der Waals surface area (Å²) in [7, 11) is 3.98. The monoisotopic (exact) mass is 343 g/mol. The van der Waals surface area contributed by atoms with E-state index < -0.39 is 0 Å². The van der Waals surface area contributed by atoms with Gasteiger partial charge in [-0.25, -0.2) is 0 Å². The average molecular weight is 344 g/mol. The molecular formula is C18H18ClN3O2. The first kappa shape index (κ1) is 16.5. The fourth-order valence-electron chi connectivity index (χ4n) is 2.17.